The SMILES string of the molecule is COC(=O)Nc1ccc(-c2cc(C(CN3CCOC3=O)NC(=O)C=Cc3cc(Cl)ccc3-n3cnnn3)n[nH]c2=O)cc1. The summed E-state index contributed by atoms with van der Waals surface area (Å²) in [6.07, 6.45) is 3.10. The molecule has 5 rings (SSSR count). The van der Waals surface area contributed by atoms with Gasteiger partial charge in [-0.15, -0.1) is 5.10 Å². The average molecular weight is 606 g/mol. The number of nitrogens with zero attached hydrogens (tertiary/aromatic N) is 6. The van der Waals surface area contributed by atoms with E-state index < -0.39 is 29.7 Å². The summed E-state index contributed by atoms with van der Waals surface area (Å²) < 4.78 is 11.1. The van der Waals surface area contributed by atoms with E-state index in [1.807, 2.05) is 0 Å². The van der Waals surface area contributed by atoms with Gasteiger partial charge >= 0.3 is 12.2 Å². The van der Waals surface area contributed by atoms with E-state index in [2.05, 4.69) is 41.1 Å². The lowest BCUT2D eigenvalue weighted by Crippen LogP contribution is -2.38. The maximum atomic E-state index is 13.2. The Hall–Kier alpha value is -5.57. The lowest BCUT2D eigenvalue weighted by atomic mass is 10.0. The molecule has 0 bridgehead atoms. The number of cyclic esters (lactones) is 1. The highest BCUT2D eigenvalue weighted by atomic mass is 35.5. The van der Waals surface area contributed by atoms with Crippen molar-refractivity contribution < 1.29 is 23.9 Å². The number of H-pyrrole nitrogens is 1. The summed E-state index contributed by atoms with van der Waals surface area (Å²) in [6, 6.07) is 12.2. The highest BCUT2D eigenvalue weighted by molar-refractivity contribution is 6.30. The van der Waals surface area contributed by atoms with E-state index in [4.69, 9.17) is 16.3 Å². The van der Waals surface area contributed by atoms with E-state index in [0.717, 1.165) is 0 Å². The quantitative estimate of drug-likeness (QED) is 0.239. The molecule has 0 saturated carbocycles. The van der Waals surface area contributed by atoms with E-state index in [-0.39, 0.29) is 18.7 Å². The predicted octanol–water partition coefficient (Wildman–Crippen LogP) is 2.57. The number of hydrogen-bond acceptors (Lipinski definition) is 10. The van der Waals surface area contributed by atoms with Crippen LogP contribution >= 0.6 is 11.6 Å². The van der Waals surface area contributed by atoms with Crippen LogP contribution in [0.4, 0.5) is 15.3 Å². The van der Waals surface area contributed by atoms with Gasteiger partial charge in [-0.1, -0.05) is 23.7 Å². The first-order chi connectivity index (χ1) is 20.8. The molecule has 15 nitrogen and oxygen atoms in total. The molecule has 4 aromatic rings. The summed E-state index contributed by atoms with van der Waals surface area (Å²) in [7, 11) is 1.25. The van der Waals surface area contributed by atoms with Crippen LogP contribution in [0.1, 0.15) is 17.3 Å². The van der Waals surface area contributed by atoms with Gasteiger partial charge in [0.1, 0.15) is 12.9 Å². The van der Waals surface area contributed by atoms with Crippen molar-refractivity contribution in [2.24, 2.45) is 0 Å². The Morgan fingerprint density at radius 3 is 2.70 bits per heavy atom. The van der Waals surface area contributed by atoms with Crippen LogP contribution in [0, 0.1) is 0 Å². The molecule has 3 N–H and O–H groups in total. The molecule has 1 aliphatic heterocycles. The van der Waals surface area contributed by atoms with E-state index >= 15 is 0 Å². The molecule has 43 heavy (non-hydrogen) atoms. The molecule has 3 amide bonds. The van der Waals surface area contributed by atoms with Gasteiger partial charge in [0.25, 0.3) is 5.56 Å². The lowest BCUT2D eigenvalue weighted by molar-refractivity contribution is -0.117. The van der Waals surface area contributed by atoms with Gasteiger partial charge in [-0.25, -0.2) is 14.7 Å². The number of aromatic nitrogens is 6. The molecule has 1 unspecified atom stereocenters. The zero-order chi connectivity index (χ0) is 30.3. The van der Waals surface area contributed by atoms with Gasteiger partial charge in [0, 0.05) is 22.3 Å². The van der Waals surface area contributed by atoms with E-state index in [0.29, 0.717) is 39.8 Å². The van der Waals surface area contributed by atoms with Crippen LogP contribution < -0.4 is 16.2 Å². The van der Waals surface area contributed by atoms with Gasteiger partial charge in [0.05, 0.1) is 43.2 Å². The summed E-state index contributed by atoms with van der Waals surface area (Å²) >= 11 is 6.18. The summed E-state index contributed by atoms with van der Waals surface area (Å²) in [4.78, 5) is 51.0. The van der Waals surface area contributed by atoms with Gasteiger partial charge in [-0.3, -0.25) is 14.9 Å². The Morgan fingerprint density at radius 1 is 1.19 bits per heavy atom. The van der Waals surface area contributed by atoms with Gasteiger partial charge in [-0.2, -0.15) is 9.78 Å². The molecule has 1 saturated heterocycles. The number of amides is 3. The van der Waals surface area contributed by atoms with Crippen molar-refractivity contribution in [2.75, 3.05) is 32.1 Å². The number of methoxy groups -OCH3 is 1. The maximum absolute atomic E-state index is 13.2. The minimum absolute atomic E-state index is 0.0337. The predicted molar refractivity (Wildman–Crippen MR) is 153 cm³/mol. The molecule has 1 aliphatic rings. The molecular formula is C27H24ClN9O6. The number of hydrogen-bond donors (Lipinski definition) is 3. The number of halogens is 1. The van der Waals surface area contributed by atoms with Crippen LogP contribution in [-0.2, 0) is 14.3 Å². The molecule has 0 aliphatic carbocycles. The summed E-state index contributed by atoms with van der Waals surface area (Å²) in [6.45, 7) is 0.569. The standard InChI is InChI=1S/C27H24ClN9O6/c1-42-26(40)30-19-6-2-16(3-7-19)20-13-21(32-33-25(20)39)22(14-36-10-11-43-27(36)41)31-24(38)9-4-17-12-18(28)5-8-23(17)37-15-29-34-35-37/h2-9,12-13,15,22H,10-11,14H2,1H3,(H,30,40)(H,31,38)(H,33,39). The van der Waals surface area contributed by atoms with Crippen molar-refractivity contribution in [1.82, 2.24) is 40.6 Å². The van der Waals surface area contributed by atoms with Crippen molar-refractivity contribution in [3.05, 3.63) is 87.6 Å². The highest BCUT2D eigenvalue weighted by Gasteiger charge is 2.28. The molecule has 2 aromatic heterocycles. The minimum atomic E-state index is -0.822. The second-order valence-electron chi connectivity index (χ2n) is 9.14. The number of aromatic amines is 1. The van der Waals surface area contributed by atoms with E-state index in [9.17, 15) is 19.2 Å². The minimum Gasteiger partial charge on any atom is -0.453 e. The Balaban J connectivity index is 1.41. The van der Waals surface area contributed by atoms with Crippen LogP contribution in [0.2, 0.25) is 5.02 Å². The summed E-state index contributed by atoms with van der Waals surface area (Å²) in [5.41, 5.74) is 2.25. The zero-order valence-corrected chi connectivity index (χ0v) is 23.3. The summed E-state index contributed by atoms with van der Waals surface area (Å²) in [5, 5.41) is 23.6. The number of benzene rings is 2. The molecular weight excluding hydrogens is 582 g/mol. The monoisotopic (exact) mass is 605 g/mol. The molecule has 3 heterocycles. The van der Waals surface area contributed by atoms with E-state index in [1.165, 1.54) is 35.2 Å². The molecule has 16 heteroatoms. The first-order valence-corrected chi connectivity index (χ1v) is 13.2. The number of carbonyl (C=O) groups is 3. The molecule has 0 radical (unpaired) electrons. The first kappa shape index (κ1) is 28.9. The smallest absolute Gasteiger partial charge is 0.411 e. The highest BCUT2D eigenvalue weighted by Crippen LogP contribution is 2.23. The van der Waals surface area contributed by atoms with Crippen molar-refractivity contribution in [3.63, 3.8) is 0 Å². The number of anilines is 1. The van der Waals surface area contributed by atoms with Crippen LogP contribution in [0.25, 0.3) is 22.9 Å². The molecule has 1 fully saturated rings. The van der Waals surface area contributed by atoms with Crippen molar-refractivity contribution >= 4 is 41.5 Å². The van der Waals surface area contributed by atoms with Gasteiger partial charge in [0.2, 0.25) is 5.91 Å². The van der Waals surface area contributed by atoms with Crippen LogP contribution in [-0.4, -0.2) is 80.2 Å². The second-order valence-corrected chi connectivity index (χ2v) is 9.58. The number of ether oxygens (including phenoxy) is 2. The van der Waals surface area contributed by atoms with Crippen molar-refractivity contribution in [2.45, 2.75) is 6.04 Å². The fraction of sp³-hybridized carbons (Fsp3) is 0.185. The van der Waals surface area contributed by atoms with Crippen molar-refractivity contribution in [3.8, 4) is 16.8 Å². The Morgan fingerprint density at radius 2 is 2.00 bits per heavy atom. The van der Waals surface area contributed by atoms with Crippen molar-refractivity contribution in [1.29, 1.82) is 0 Å². The van der Waals surface area contributed by atoms with Gasteiger partial charge in [0.15, 0.2) is 0 Å². The summed E-state index contributed by atoms with van der Waals surface area (Å²) in [5.74, 6) is -0.506. The third-order valence-corrected chi connectivity index (χ3v) is 6.61. The third-order valence-electron chi connectivity index (χ3n) is 6.37. The maximum Gasteiger partial charge on any atom is 0.411 e. The molecule has 220 valence electrons. The largest absolute Gasteiger partial charge is 0.453 e. The molecule has 0 spiro atoms. The number of carbonyl (C=O) groups excluding carboxylic acids is 3. The fourth-order valence-electron chi connectivity index (χ4n) is 4.27. The third kappa shape index (κ3) is 7.02. The van der Waals surface area contributed by atoms with Crippen LogP contribution in [0.15, 0.2) is 65.7 Å². The average Bonchev–Trinajstić information content (AvgIpc) is 3.69. The normalized spacial score (nSPS) is 13.5. The zero-order valence-electron chi connectivity index (χ0n) is 22.6. The second kappa shape index (κ2) is 12.9. The van der Waals surface area contributed by atoms with Gasteiger partial charge < -0.3 is 19.7 Å². The topological polar surface area (TPSA) is 186 Å². The Labute approximate surface area is 248 Å². The number of rotatable bonds is 9. The van der Waals surface area contributed by atoms with Crippen LogP contribution in [0.3, 0.4) is 0 Å². The number of tetrazole rings is 1. The lowest BCUT2D eigenvalue weighted by Gasteiger charge is -2.22. The van der Waals surface area contributed by atoms with Gasteiger partial charge in [-0.05, 0) is 58.5 Å². The number of nitrogens with one attached hydrogen (secondary N) is 3. The fourth-order valence-corrected chi connectivity index (χ4v) is 4.45. The first-order valence-electron chi connectivity index (χ1n) is 12.8. The van der Waals surface area contributed by atoms with E-state index in [1.54, 1.807) is 48.5 Å². The molecule has 1 atom stereocenters. The Kier molecular flexibility index (Phi) is 8.71. The molecule has 2 aromatic carbocycles. The van der Waals surface area contributed by atoms with Crippen LogP contribution in [0.5, 0.6) is 0 Å². The Bertz CT molecular complexity index is 1720.